The number of H-pyrrole nitrogens is 2. The first-order valence-electron chi connectivity index (χ1n) is 14.2. The molecule has 44 heavy (non-hydrogen) atoms. The number of nitrogens with zero attached hydrogens (tertiary/aromatic N) is 6. The van der Waals surface area contributed by atoms with Gasteiger partial charge in [-0.3, -0.25) is 19.9 Å². The smallest absolute Gasteiger partial charge is 0.229 e. The van der Waals surface area contributed by atoms with E-state index in [9.17, 15) is 9.18 Å². The molecule has 224 valence electrons. The summed E-state index contributed by atoms with van der Waals surface area (Å²) in [6.07, 6.45) is 4.97. The van der Waals surface area contributed by atoms with Gasteiger partial charge in [0.2, 0.25) is 5.91 Å². The Morgan fingerprint density at radius 3 is 2.52 bits per heavy atom. The number of likely N-dealkylation sites (N-methyl/N-ethyl adjacent to an activating group) is 1. The molecule has 11 nitrogen and oxygen atoms in total. The molecule has 0 aliphatic heterocycles. The molecule has 6 aromatic rings. The Labute approximate surface area is 253 Å². The number of halogens is 1. The number of rotatable bonds is 8. The lowest BCUT2D eigenvalue weighted by molar-refractivity contribution is -0.123. The quantitative estimate of drug-likeness (QED) is 0.176. The lowest BCUT2D eigenvalue weighted by atomic mass is 9.95. The van der Waals surface area contributed by atoms with E-state index >= 15 is 0 Å². The minimum Gasteiger partial charge on any atom is -0.384 e. The Hall–Kier alpha value is -5.23. The predicted molar refractivity (Wildman–Crippen MR) is 171 cm³/mol. The summed E-state index contributed by atoms with van der Waals surface area (Å²) in [5, 5.41) is 13.7. The number of fused-ring (bicyclic) bond motifs is 2. The van der Waals surface area contributed by atoms with E-state index in [0.717, 1.165) is 23.1 Å². The number of aromatic amines is 2. The Bertz CT molecular complexity index is 1990. The monoisotopic (exact) mass is 592 g/mol. The second kappa shape index (κ2) is 11.5. The normalized spacial score (nSPS) is 11.9. The molecule has 1 aromatic carbocycles. The van der Waals surface area contributed by atoms with Gasteiger partial charge in [0.1, 0.15) is 16.9 Å². The molecule has 12 heteroatoms. The summed E-state index contributed by atoms with van der Waals surface area (Å²) in [5.41, 5.74) is 6.46. The van der Waals surface area contributed by atoms with E-state index < -0.39 is 5.41 Å². The number of hydrogen-bond acceptors (Lipinski definition) is 8. The van der Waals surface area contributed by atoms with Crippen molar-refractivity contribution in [3.63, 3.8) is 0 Å². The van der Waals surface area contributed by atoms with Crippen LogP contribution in [-0.4, -0.2) is 73.1 Å². The van der Waals surface area contributed by atoms with Crippen molar-refractivity contribution in [2.75, 3.05) is 37.8 Å². The maximum absolute atomic E-state index is 14.7. The molecule has 0 aliphatic carbocycles. The molecule has 6 rings (SSSR count). The van der Waals surface area contributed by atoms with Gasteiger partial charge in [-0.15, -0.1) is 0 Å². The maximum atomic E-state index is 14.7. The highest BCUT2D eigenvalue weighted by Gasteiger charge is 2.22. The van der Waals surface area contributed by atoms with Crippen LogP contribution in [0.25, 0.3) is 56.1 Å². The lowest BCUT2D eigenvalue weighted by Crippen LogP contribution is -2.27. The van der Waals surface area contributed by atoms with Crippen molar-refractivity contribution < 1.29 is 9.18 Å². The van der Waals surface area contributed by atoms with Gasteiger partial charge < -0.3 is 20.5 Å². The van der Waals surface area contributed by atoms with Crippen LogP contribution in [0.5, 0.6) is 0 Å². The topological polar surface area (TPSA) is 140 Å². The zero-order valence-electron chi connectivity index (χ0n) is 25.2. The van der Waals surface area contributed by atoms with Crippen molar-refractivity contribution in [1.29, 1.82) is 0 Å². The molecule has 0 saturated heterocycles. The van der Waals surface area contributed by atoms with Crippen LogP contribution in [0.4, 0.5) is 15.8 Å². The summed E-state index contributed by atoms with van der Waals surface area (Å²) in [6.45, 7) is 7.05. The van der Waals surface area contributed by atoms with E-state index in [1.807, 2.05) is 65.2 Å². The van der Waals surface area contributed by atoms with E-state index in [2.05, 4.69) is 40.7 Å². The molecule has 0 aliphatic rings. The second-order valence-electron chi connectivity index (χ2n) is 11.9. The van der Waals surface area contributed by atoms with Crippen molar-refractivity contribution in [3.8, 4) is 34.0 Å². The summed E-state index contributed by atoms with van der Waals surface area (Å²) >= 11 is 0. The summed E-state index contributed by atoms with van der Waals surface area (Å²) in [7, 11) is 3.98. The molecule has 5 heterocycles. The summed E-state index contributed by atoms with van der Waals surface area (Å²) in [5.74, 6) is 0.0250. The molecular weight excluding hydrogens is 559 g/mol. The Kier molecular flexibility index (Phi) is 7.52. The zero-order chi connectivity index (χ0) is 31.0. The SMILES string of the molecule is CN(C)CCNc1cc(F)cc(-c2nccc3[nH]c(-c4n[nH]c5ccc(-c6cncc(NC(=O)C(C)(C)C)c6)nc45)nc23)c1. The third-order valence-electron chi connectivity index (χ3n) is 7.07. The van der Waals surface area contributed by atoms with E-state index in [1.165, 1.54) is 12.1 Å². The number of imidazole rings is 1. The number of amides is 1. The molecule has 4 N–H and O–H groups in total. The summed E-state index contributed by atoms with van der Waals surface area (Å²) < 4.78 is 14.7. The van der Waals surface area contributed by atoms with Gasteiger partial charge in [-0.1, -0.05) is 20.8 Å². The van der Waals surface area contributed by atoms with Crippen molar-refractivity contribution in [3.05, 3.63) is 66.9 Å². The van der Waals surface area contributed by atoms with Crippen LogP contribution in [0.15, 0.2) is 61.1 Å². The zero-order valence-corrected chi connectivity index (χ0v) is 25.2. The predicted octanol–water partition coefficient (Wildman–Crippen LogP) is 5.72. The van der Waals surface area contributed by atoms with Gasteiger partial charge in [-0.25, -0.2) is 14.4 Å². The van der Waals surface area contributed by atoms with Crippen LogP contribution in [-0.2, 0) is 4.79 Å². The molecule has 1 amide bonds. The van der Waals surface area contributed by atoms with Gasteiger partial charge in [0.05, 0.1) is 34.3 Å². The molecule has 0 bridgehead atoms. The molecule has 0 fully saturated rings. The number of carbonyl (C=O) groups is 1. The highest BCUT2D eigenvalue weighted by Crippen LogP contribution is 2.32. The van der Waals surface area contributed by atoms with Crippen LogP contribution in [0.1, 0.15) is 20.8 Å². The lowest BCUT2D eigenvalue weighted by Gasteiger charge is -2.17. The average molecular weight is 593 g/mol. The number of nitrogens with one attached hydrogen (secondary N) is 4. The minimum atomic E-state index is -0.541. The van der Waals surface area contributed by atoms with Crippen molar-refractivity contribution in [2.45, 2.75) is 20.8 Å². The van der Waals surface area contributed by atoms with Crippen LogP contribution in [0.3, 0.4) is 0 Å². The standard InChI is InChI=1S/C32H33FN10O/c1-32(2,3)31(44)37-22-14-19(16-34-17-22)23-6-7-25-28(38-23)29(42-41-25)30-39-24-8-9-36-26(27(24)40-30)18-12-20(33)15-21(13-18)35-10-11-43(4)5/h6-9,12-17,35H,10-11H2,1-5H3,(H,37,44)(H,39,40)(H,41,42). The van der Waals surface area contributed by atoms with Crippen LogP contribution < -0.4 is 10.6 Å². The fourth-order valence-electron chi connectivity index (χ4n) is 4.70. The Balaban J connectivity index is 1.35. The minimum absolute atomic E-state index is 0.106. The van der Waals surface area contributed by atoms with E-state index in [0.29, 0.717) is 57.4 Å². The fourth-order valence-corrected chi connectivity index (χ4v) is 4.70. The van der Waals surface area contributed by atoms with E-state index in [1.54, 1.807) is 18.6 Å². The molecule has 5 aromatic heterocycles. The number of pyridine rings is 3. The van der Waals surface area contributed by atoms with Crippen LogP contribution in [0.2, 0.25) is 0 Å². The van der Waals surface area contributed by atoms with Crippen molar-refractivity contribution in [1.82, 2.24) is 40.0 Å². The number of aromatic nitrogens is 7. The number of benzene rings is 1. The van der Waals surface area contributed by atoms with Crippen molar-refractivity contribution in [2.24, 2.45) is 5.41 Å². The summed E-state index contributed by atoms with van der Waals surface area (Å²) in [4.78, 5) is 36.5. The van der Waals surface area contributed by atoms with E-state index in [4.69, 9.17) is 9.97 Å². The number of hydrogen-bond donors (Lipinski definition) is 4. The molecule has 0 spiro atoms. The molecule has 0 atom stereocenters. The first-order valence-corrected chi connectivity index (χ1v) is 14.2. The van der Waals surface area contributed by atoms with Gasteiger partial charge in [0, 0.05) is 47.7 Å². The van der Waals surface area contributed by atoms with Gasteiger partial charge in [-0.05, 0) is 56.6 Å². The fraction of sp³-hybridized carbons (Fsp3) is 0.250. The van der Waals surface area contributed by atoms with Gasteiger partial charge in [0.15, 0.2) is 11.5 Å². The molecule has 0 radical (unpaired) electrons. The van der Waals surface area contributed by atoms with Crippen molar-refractivity contribution >= 4 is 39.3 Å². The third-order valence-corrected chi connectivity index (χ3v) is 7.07. The van der Waals surface area contributed by atoms with Gasteiger partial charge >= 0.3 is 0 Å². The van der Waals surface area contributed by atoms with E-state index in [-0.39, 0.29) is 11.7 Å². The summed E-state index contributed by atoms with van der Waals surface area (Å²) in [6, 6.07) is 12.2. The maximum Gasteiger partial charge on any atom is 0.229 e. The number of carbonyl (C=O) groups excluding carboxylic acids is 1. The first kappa shape index (κ1) is 28.9. The van der Waals surface area contributed by atoms with Crippen LogP contribution >= 0.6 is 0 Å². The molecular formula is C32H33FN10O. The average Bonchev–Trinajstić information content (AvgIpc) is 3.60. The highest BCUT2D eigenvalue weighted by molar-refractivity contribution is 5.96. The highest BCUT2D eigenvalue weighted by atomic mass is 19.1. The molecule has 0 saturated carbocycles. The largest absolute Gasteiger partial charge is 0.384 e. The Morgan fingerprint density at radius 1 is 0.932 bits per heavy atom. The first-order chi connectivity index (χ1) is 21.0. The Morgan fingerprint density at radius 2 is 1.73 bits per heavy atom. The van der Waals surface area contributed by atoms with Crippen LogP contribution in [0, 0.1) is 11.2 Å². The third kappa shape index (κ3) is 5.97. The van der Waals surface area contributed by atoms with Gasteiger partial charge in [0.25, 0.3) is 0 Å². The van der Waals surface area contributed by atoms with Gasteiger partial charge in [-0.2, -0.15) is 5.10 Å². The second-order valence-corrected chi connectivity index (χ2v) is 11.9. The molecule has 0 unspecified atom stereocenters. The number of anilines is 2.